The Morgan fingerprint density at radius 1 is 0.500 bits per heavy atom. The molecule has 0 atom stereocenters. The number of benzene rings is 6. The van der Waals surface area contributed by atoms with Gasteiger partial charge in [0.2, 0.25) is 11.6 Å². The van der Waals surface area contributed by atoms with Gasteiger partial charge in [-0.05, 0) is 71.8 Å². The van der Waals surface area contributed by atoms with Gasteiger partial charge in [0.1, 0.15) is 44.2 Å². The summed E-state index contributed by atoms with van der Waals surface area (Å²) in [6, 6.07) is 29.6. The molecule has 0 aliphatic heterocycles. The van der Waals surface area contributed by atoms with E-state index in [-0.39, 0.29) is 79.1 Å². The van der Waals surface area contributed by atoms with E-state index in [1.807, 2.05) is 0 Å². The molecule has 70 heavy (non-hydrogen) atoms. The number of hydrogen-bond acceptors (Lipinski definition) is 16. The van der Waals surface area contributed by atoms with Gasteiger partial charge in [0.25, 0.3) is 32.1 Å². The van der Waals surface area contributed by atoms with Crippen molar-refractivity contribution in [2.75, 3.05) is 35.7 Å². The van der Waals surface area contributed by atoms with Gasteiger partial charge in [-0.25, -0.2) is 0 Å². The van der Waals surface area contributed by atoms with Gasteiger partial charge >= 0.3 is 0 Å². The molecule has 22 heteroatoms. The van der Waals surface area contributed by atoms with Crippen LogP contribution in [-0.2, 0) is 29.8 Å². The number of hydrogen-bond donors (Lipinski definition) is 8. The Bertz CT molecular complexity index is 3350. The molecule has 6 aromatic carbocycles. The summed E-state index contributed by atoms with van der Waals surface area (Å²) < 4.78 is 78.0. The van der Waals surface area contributed by atoms with E-state index in [0.717, 1.165) is 12.2 Å². The topological polar surface area (TPSA) is 309 Å². The number of amides is 2. The van der Waals surface area contributed by atoms with E-state index in [0.29, 0.717) is 11.1 Å². The molecular weight excluding hydrogens is 949 g/mol. The summed E-state index contributed by atoms with van der Waals surface area (Å²) in [5.41, 5.74) is 7.09. The van der Waals surface area contributed by atoms with Crippen LogP contribution in [0.3, 0.4) is 0 Å². The summed E-state index contributed by atoms with van der Waals surface area (Å²) >= 11 is 0. The van der Waals surface area contributed by atoms with E-state index < -0.39 is 64.9 Å². The van der Waals surface area contributed by atoms with E-state index in [1.165, 1.54) is 87.0 Å². The maximum atomic E-state index is 13.4. The van der Waals surface area contributed by atoms with Crippen molar-refractivity contribution in [2.24, 2.45) is 10.2 Å². The Balaban J connectivity index is 0.923. The summed E-state index contributed by atoms with van der Waals surface area (Å²) in [6.45, 7) is 0. The second-order valence-corrected chi connectivity index (χ2v) is 17.9. The molecule has 8 N–H and O–H groups in total. The lowest BCUT2D eigenvalue weighted by Gasteiger charge is -2.17. The van der Waals surface area contributed by atoms with Gasteiger partial charge in [-0.2, -0.15) is 27.0 Å². The van der Waals surface area contributed by atoms with Crippen LogP contribution in [0.2, 0.25) is 0 Å². The van der Waals surface area contributed by atoms with Crippen LogP contribution >= 0.6 is 0 Å². The quantitative estimate of drug-likeness (QED) is 0.0346. The Hall–Kier alpha value is -8.96. The highest BCUT2D eigenvalue weighted by Gasteiger charge is 2.31. The summed E-state index contributed by atoms with van der Waals surface area (Å²) in [5.74, 6) is -3.13. The van der Waals surface area contributed by atoms with Crippen LogP contribution in [0.5, 0.6) is 23.0 Å². The lowest BCUT2D eigenvalue weighted by molar-refractivity contribution is -0.109. The minimum absolute atomic E-state index is 0.0144. The maximum absolute atomic E-state index is 13.4. The third-order valence-corrected chi connectivity index (χ3v) is 12.6. The molecule has 2 aliphatic carbocycles. The number of fused-ring (bicyclic) bond motifs is 2. The van der Waals surface area contributed by atoms with Crippen molar-refractivity contribution in [3.05, 3.63) is 167 Å². The van der Waals surface area contributed by atoms with Crippen LogP contribution in [0.4, 0.5) is 22.7 Å². The number of rotatable bonds is 13. The number of anilines is 4. The second kappa shape index (κ2) is 19.0. The van der Waals surface area contributed by atoms with Gasteiger partial charge in [-0.15, -0.1) is 0 Å². The van der Waals surface area contributed by atoms with Crippen molar-refractivity contribution >= 4 is 87.6 Å². The van der Waals surface area contributed by atoms with Gasteiger partial charge in [-0.3, -0.25) is 39.1 Å². The third kappa shape index (κ3) is 9.72. The first-order valence-electron chi connectivity index (χ1n) is 20.3. The zero-order valence-electron chi connectivity index (χ0n) is 36.3. The standard InChI is InChI=1S/C48H36N6O14S2/c1-67-41-21-25(11-17-35(41)49-47(59)27-13-15-33(37(55)19-27)51-53-45-31-9-5-3-7-29(31)43(23-39(45)57)69(61,62)63)26-12-18-36(42(22-26)68-2)50-48(60)28-14-16-34(38(56)20-28)52-54-46-32-10-6-4-8-30(32)44(24-40(46)58)70(64,65)66/h3-24,51-52,55-56H,1-2H3,(H,49,59)(H,50,60)(H,61,62,63)(H,64,65,66)/b53-45-,54-46-. The summed E-state index contributed by atoms with van der Waals surface area (Å²) in [7, 11) is -6.62. The predicted octanol–water partition coefficient (Wildman–Crippen LogP) is 6.54. The van der Waals surface area contributed by atoms with Crippen molar-refractivity contribution in [2.45, 2.75) is 0 Å². The molecule has 0 saturated carbocycles. The number of carbonyl (C=O) groups excluding carboxylic acids is 4. The monoisotopic (exact) mass is 984 g/mol. The van der Waals surface area contributed by atoms with Crippen molar-refractivity contribution in [1.29, 1.82) is 0 Å². The van der Waals surface area contributed by atoms with E-state index in [4.69, 9.17) is 9.47 Å². The fraction of sp³-hybridized carbons (Fsp3) is 0.0417. The largest absolute Gasteiger partial charge is 0.506 e. The molecule has 0 unspecified atom stereocenters. The molecule has 0 bridgehead atoms. The molecular formula is C48H36N6O14S2. The number of ketones is 2. The minimum Gasteiger partial charge on any atom is -0.506 e. The molecule has 0 aromatic heterocycles. The van der Waals surface area contributed by atoms with Crippen molar-refractivity contribution < 1.29 is 64.8 Å². The van der Waals surface area contributed by atoms with Crippen LogP contribution in [0.25, 0.3) is 20.9 Å². The highest BCUT2D eigenvalue weighted by atomic mass is 32.2. The minimum atomic E-state index is -4.72. The molecule has 0 spiro atoms. The fourth-order valence-corrected chi connectivity index (χ4v) is 8.79. The first-order valence-corrected chi connectivity index (χ1v) is 23.2. The summed E-state index contributed by atoms with van der Waals surface area (Å²) in [5, 5.41) is 35.2. The summed E-state index contributed by atoms with van der Waals surface area (Å²) in [4.78, 5) is 51.2. The van der Waals surface area contributed by atoms with Crippen LogP contribution in [0.1, 0.15) is 43.0 Å². The Morgan fingerprint density at radius 2 is 0.857 bits per heavy atom. The van der Waals surface area contributed by atoms with Crippen molar-refractivity contribution in [3.63, 3.8) is 0 Å². The van der Waals surface area contributed by atoms with Gasteiger partial charge in [0.05, 0.1) is 37.0 Å². The molecule has 8 rings (SSSR count). The van der Waals surface area contributed by atoms with Gasteiger partial charge in [0, 0.05) is 45.5 Å². The smallest absolute Gasteiger partial charge is 0.295 e. The number of methoxy groups -OCH3 is 2. The molecule has 0 radical (unpaired) electrons. The number of hydrazone groups is 2. The number of nitrogens with one attached hydrogen (secondary N) is 4. The predicted molar refractivity (Wildman–Crippen MR) is 259 cm³/mol. The number of ether oxygens (including phenoxy) is 2. The Kier molecular flexibility index (Phi) is 12.9. The van der Waals surface area contributed by atoms with Crippen LogP contribution in [-0.4, -0.2) is 85.2 Å². The van der Waals surface area contributed by atoms with Gasteiger partial charge < -0.3 is 30.3 Å². The number of aromatic hydroxyl groups is 2. The van der Waals surface area contributed by atoms with Crippen LogP contribution in [0.15, 0.2) is 144 Å². The molecule has 2 aliphatic rings. The maximum Gasteiger partial charge on any atom is 0.295 e. The average Bonchev–Trinajstić information content (AvgIpc) is 3.33. The molecule has 6 aromatic rings. The normalized spacial score (nSPS) is 14.5. The van der Waals surface area contributed by atoms with Crippen molar-refractivity contribution in [1.82, 2.24) is 0 Å². The number of carbonyl (C=O) groups is 4. The van der Waals surface area contributed by atoms with Crippen LogP contribution in [0, 0.1) is 0 Å². The Morgan fingerprint density at radius 3 is 1.20 bits per heavy atom. The fourth-order valence-electron chi connectivity index (χ4n) is 7.37. The number of phenolic OH excluding ortho intramolecular Hbond substituents is 2. The number of nitrogens with zero attached hydrogens (tertiary/aromatic N) is 2. The summed E-state index contributed by atoms with van der Waals surface area (Å²) in [6.07, 6.45) is 1.50. The number of allylic oxidation sites excluding steroid dienone is 2. The SMILES string of the molecule is COc1cc(-c2ccc(NC(=O)c3ccc(N/N=C4\C(=O)C=C(S(=O)(=O)O)c5ccccc54)c(O)c3)c(OC)c2)ccc1NC(=O)c1ccc(N/N=C2\C(=O)C=C(S(=O)(=O)O)c3ccccc32)c(O)c1. The average molecular weight is 985 g/mol. The molecule has 354 valence electrons. The van der Waals surface area contributed by atoms with E-state index >= 15 is 0 Å². The molecule has 0 fully saturated rings. The first-order chi connectivity index (χ1) is 33.3. The zero-order valence-corrected chi connectivity index (χ0v) is 37.9. The highest BCUT2D eigenvalue weighted by molar-refractivity contribution is 7.95. The molecule has 0 heterocycles. The van der Waals surface area contributed by atoms with E-state index in [9.17, 15) is 55.3 Å². The lowest BCUT2D eigenvalue weighted by Crippen LogP contribution is -2.23. The first kappa shape index (κ1) is 47.5. The van der Waals surface area contributed by atoms with Crippen LogP contribution < -0.4 is 31.0 Å². The van der Waals surface area contributed by atoms with Gasteiger partial charge in [0.15, 0.2) is 0 Å². The third-order valence-electron chi connectivity index (χ3n) is 10.8. The van der Waals surface area contributed by atoms with E-state index in [1.54, 1.807) is 48.5 Å². The molecule has 0 saturated heterocycles. The highest BCUT2D eigenvalue weighted by Crippen LogP contribution is 2.37. The zero-order chi connectivity index (χ0) is 50.1. The Labute approximate surface area is 397 Å². The lowest BCUT2D eigenvalue weighted by atomic mass is 9.94. The number of phenols is 2. The molecule has 20 nitrogen and oxygen atoms in total. The second-order valence-electron chi connectivity index (χ2n) is 15.1. The molecule has 2 amide bonds. The van der Waals surface area contributed by atoms with Gasteiger partial charge in [-0.1, -0.05) is 60.7 Å². The van der Waals surface area contributed by atoms with Crippen molar-refractivity contribution in [3.8, 4) is 34.1 Å². The van der Waals surface area contributed by atoms with E-state index in [2.05, 4.69) is 31.7 Å².